The van der Waals surface area contributed by atoms with E-state index in [1.165, 1.54) is 0 Å². The smallest absolute Gasteiger partial charge is 0.0680 e. The molecule has 1 aliphatic rings. The van der Waals surface area contributed by atoms with E-state index in [-0.39, 0.29) is 12.1 Å². The monoisotopic (exact) mass is 235 g/mol. The lowest BCUT2D eigenvalue weighted by molar-refractivity contribution is 0.0450. The van der Waals surface area contributed by atoms with Crippen LogP contribution in [0.4, 0.5) is 0 Å². The van der Waals surface area contributed by atoms with Crippen molar-refractivity contribution in [3.63, 3.8) is 0 Å². The van der Waals surface area contributed by atoms with Gasteiger partial charge >= 0.3 is 0 Å². The molecule has 94 valence electrons. The van der Waals surface area contributed by atoms with Crippen LogP contribution in [-0.4, -0.2) is 47.8 Å². The molecule has 4 nitrogen and oxygen atoms in total. The molecule has 2 heterocycles. The van der Waals surface area contributed by atoms with Crippen molar-refractivity contribution >= 4 is 0 Å². The maximum Gasteiger partial charge on any atom is 0.0680 e. The van der Waals surface area contributed by atoms with Crippen LogP contribution in [0, 0.1) is 0 Å². The minimum absolute atomic E-state index is 0.124. The molecule has 2 rings (SSSR count). The first-order chi connectivity index (χ1) is 8.27. The second kappa shape index (κ2) is 5.58. The van der Waals surface area contributed by atoms with Gasteiger partial charge in [-0.1, -0.05) is 6.07 Å². The van der Waals surface area contributed by atoms with Crippen molar-refractivity contribution in [3.8, 4) is 0 Å². The highest BCUT2D eigenvalue weighted by Crippen LogP contribution is 2.27. The van der Waals surface area contributed by atoms with Gasteiger partial charge in [0.2, 0.25) is 0 Å². The summed E-state index contributed by atoms with van der Waals surface area (Å²) in [4.78, 5) is 6.51. The van der Waals surface area contributed by atoms with E-state index in [1.807, 2.05) is 18.3 Å². The molecule has 0 spiro atoms. The molecule has 0 bridgehead atoms. The van der Waals surface area contributed by atoms with E-state index in [4.69, 9.17) is 0 Å². The van der Waals surface area contributed by atoms with Gasteiger partial charge in [-0.05, 0) is 31.5 Å². The van der Waals surface area contributed by atoms with Gasteiger partial charge in [-0.3, -0.25) is 9.88 Å². The number of aliphatic hydroxyl groups is 1. The fourth-order valence-electron chi connectivity index (χ4n) is 2.39. The molecule has 1 aromatic heterocycles. The number of hydrogen-bond acceptors (Lipinski definition) is 4. The van der Waals surface area contributed by atoms with E-state index >= 15 is 0 Å². The van der Waals surface area contributed by atoms with Crippen molar-refractivity contribution in [2.75, 3.05) is 32.8 Å². The average Bonchev–Trinajstić information content (AvgIpc) is 2.68. The van der Waals surface area contributed by atoms with Crippen molar-refractivity contribution < 1.29 is 5.11 Å². The molecule has 1 saturated heterocycles. The Morgan fingerprint density at radius 1 is 1.47 bits per heavy atom. The first-order valence-electron chi connectivity index (χ1n) is 6.24. The maximum atomic E-state index is 9.79. The molecule has 1 aromatic rings. The second-order valence-electron chi connectivity index (χ2n) is 4.76. The highest BCUT2D eigenvalue weighted by molar-refractivity contribution is 5.20. The van der Waals surface area contributed by atoms with Gasteiger partial charge in [-0.15, -0.1) is 0 Å². The normalized spacial score (nSPS) is 21.8. The van der Waals surface area contributed by atoms with Crippen LogP contribution in [0.15, 0.2) is 24.5 Å². The topological polar surface area (TPSA) is 48.4 Å². The highest BCUT2D eigenvalue weighted by Gasteiger charge is 2.33. The molecule has 0 saturated carbocycles. The SMILES string of the molecule is CC(CO)(c1cccnc1)N1CCCNCC1. The molecule has 17 heavy (non-hydrogen) atoms. The van der Waals surface area contributed by atoms with Crippen LogP contribution in [0.1, 0.15) is 18.9 Å². The lowest BCUT2D eigenvalue weighted by Crippen LogP contribution is -2.48. The van der Waals surface area contributed by atoms with E-state index in [1.54, 1.807) is 6.20 Å². The van der Waals surface area contributed by atoms with E-state index in [0.717, 1.165) is 38.2 Å². The van der Waals surface area contributed by atoms with Crippen molar-refractivity contribution in [2.24, 2.45) is 0 Å². The Balaban J connectivity index is 2.23. The molecule has 2 N–H and O–H groups in total. The molecule has 0 radical (unpaired) electrons. The lowest BCUT2D eigenvalue weighted by Gasteiger charge is -2.39. The third-order valence-electron chi connectivity index (χ3n) is 3.63. The van der Waals surface area contributed by atoms with Crippen LogP contribution in [0.5, 0.6) is 0 Å². The molecular weight excluding hydrogens is 214 g/mol. The van der Waals surface area contributed by atoms with Gasteiger partial charge in [0.05, 0.1) is 12.1 Å². The first-order valence-corrected chi connectivity index (χ1v) is 6.24. The standard InChI is InChI=1S/C13H21N3O/c1-13(11-17,12-4-2-5-15-10-12)16-8-3-6-14-7-9-16/h2,4-5,10,14,17H,3,6-9,11H2,1H3. The third-order valence-corrected chi connectivity index (χ3v) is 3.63. The third kappa shape index (κ3) is 2.65. The molecule has 1 atom stereocenters. The summed E-state index contributed by atoms with van der Waals surface area (Å²) in [6.45, 7) is 6.24. The summed E-state index contributed by atoms with van der Waals surface area (Å²) in [5.74, 6) is 0. The zero-order valence-electron chi connectivity index (χ0n) is 10.4. The Bertz CT molecular complexity index is 336. The summed E-state index contributed by atoms with van der Waals surface area (Å²) in [6, 6.07) is 3.97. The van der Waals surface area contributed by atoms with Crippen LogP contribution < -0.4 is 5.32 Å². The Hall–Kier alpha value is -0.970. The van der Waals surface area contributed by atoms with E-state index in [0.29, 0.717) is 0 Å². The number of nitrogens with zero attached hydrogens (tertiary/aromatic N) is 2. The van der Waals surface area contributed by atoms with Gasteiger partial charge in [-0.25, -0.2) is 0 Å². The van der Waals surface area contributed by atoms with Gasteiger partial charge in [0.15, 0.2) is 0 Å². The van der Waals surface area contributed by atoms with Crippen LogP contribution in [0.3, 0.4) is 0 Å². The number of hydrogen-bond donors (Lipinski definition) is 2. The van der Waals surface area contributed by atoms with Gasteiger partial charge in [0, 0.05) is 32.0 Å². The minimum Gasteiger partial charge on any atom is -0.394 e. The predicted octanol–water partition coefficient (Wildman–Crippen LogP) is 0.584. The second-order valence-corrected chi connectivity index (χ2v) is 4.76. The summed E-state index contributed by atoms with van der Waals surface area (Å²) in [6.07, 6.45) is 4.75. The van der Waals surface area contributed by atoms with Crippen molar-refractivity contribution in [1.82, 2.24) is 15.2 Å². The summed E-state index contributed by atoms with van der Waals surface area (Å²) < 4.78 is 0. The van der Waals surface area contributed by atoms with Crippen molar-refractivity contribution in [2.45, 2.75) is 18.9 Å². The summed E-state index contributed by atoms with van der Waals surface area (Å²) in [7, 11) is 0. The zero-order chi connectivity index (χ0) is 12.1. The Morgan fingerprint density at radius 3 is 3.06 bits per heavy atom. The van der Waals surface area contributed by atoms with Crippen LogP contribution >= 0.6 is 0 Å². The van der Waals surface area contributed by atoms with Gasteiger partial charge in [0.25, 0.3) is 0 Å². The molecule has 1 fully saturated rings. The predicted molar refractivity (Wildman–Crippen MR) is 67.7 cm³/mol. The van der Waals surface area contributed by atoms with Gasteiger partial charge in [0.1, 0.15) is 0 Å². The van der Waals surface area contributed by atoms with Crippen LogP contribution in [-0.2, 0) is 5.54 Å². The van der Waals surface area contributed by atoms with E-state index in [9.17, 15) is 5.11 Å². The van der Waals surface area contributed by atoms with E-state index in [2.05, 4.69) is 22.1 Å². The molecule has 4 heteroatoms. The van der Waals surface area contributed by atoms with Crippen molar-refractivity contribution in [3.05, 3.63) is 30.1 Å². The molecule has 1 aliphatic heterocycles. The summed E-state index contributed by atoms with van der Waals surface area (Å²) in [5, 5.41) is 13.2. The molecule has 0 aromatic carbocycles. The highest BCUT2D eigenvalue weighted by atomic mass is 16.3. The minimum atomic E-state index is -0.319. The summed E-state index contributed by atoms with van der Waals surface area (Å²) >= 11 is 0. The average molecular weight is 235 g/mol. The number of nitrogens with one attached hydrogen (secondary N) is 1. The Morgan fingerprint density at radius 2 is 2.35 bits per heavy atom. The van der Waals surface area contributed by atoms with Crippen LogP contribution in [0.2, 0.25) is 0 Å². The molecular formula is C13H21N3O. The fourth-order valence-corrected chi connectivity index (χ4v) is 2.39. The number of rotatable bonds is 3. The Labute approximate surface area is 103 Å². The van der Waals surface area contributed by atoms with Crippen molar-refractivity contribution in [1.29, 1.82) is 0 Å². The number of aromatic nitrogens is 1. The van der Waals surface area contributed by atoms with Gasteiger partial charge in [-0.2, -0.15) is 0 Å². The fraction of sp³-hybridized carbons (Fsp3) is 0.615. The largest absolute Gasteiger partial charge is 0.394 e. The molecule has 1 unspecified atom stereocenters. The number of aliphatic hydroxyl groups excluding tert-OH is 1. The first kappa shape index (κ1) is 12.5. The van der Waals surface area contributed by atoms with E-state index < -0.39 is 0 Å². The zero-order valence-corrected chi connectivity index (χ0v) is 10.4. The molecule has 0 amide bonds. The molecule has 0 aliphatic carbocycles. The Kier molecular flexibility index (Phi) is 4.10. The summed E-state index contributed by atoms with van der Waals surface area (Å²) in [5.41, 5.74) is 0.768. The van der Waals surface area contributed by atoms with Crippen LogP contribution in [0.25, 0.3) is 0 Å². The van der Waals surface area contributed by atoms with Gasteiger partial charge < -0.3 is 10.4 Å². The quantitative estimate of drug-likeness (QED) is 0.805. The maximum absolute atomic E-state index is 9.79. The lowest BCUT2D eigenvalue weighted by atomic mass is 9.92. The number of pyridine rings is 1.